The number of nitrogens with one attached hydrogen (secondary N) is 1. The summed E-state index contributed by atoms with van der Waals surface area (Å²) in [5, 5.41) is 0. The fraction of sp³-hybridized carbons (Fsp3) is 0.458. The molecule has 1 unspecified atom stereocenters. The number of hydrogen-bond donors (Lipinski definition) is 1. The van der Waals surface area contributed by atoms with Crippen LogP contribution in [0.15, 0.2) is 41.3 Å². The number of ether oxygens (including phenoxy) is 2. The topological polar surface area (TPSA) is 43.2 Å². The van der Waals surface area contributed by atoms with Crippen LogP contribution in [0.5, 0.6) is 11.5 Å². The lowest BCUT2D eigenvalue weighted by Gasteiger charge is -2.28. The van der Waals surface area contributed by atoms with E-state index in [1.807, 2.05) is 25.8 Å². The van der Waals surface area contributed by atoms with Gasteiger partial charge in [0, 0.05) is 30.5 Å². The van der Waals surface area contributed by atoms with E-state index in [0.717, 1.165) is 36.6 Å². The van der Waals surface area contributed by atoms with Gasteiger partial charge in [-0.05, 0) is 55.5 Å². The van der Waals surface area contributed by atoms with Gasteiger partial charge in [-0.15, -0.1) is 11.8 Å². The molecule has 0 aliphatic carbocycles. The number of fused-ring (bicyclic) bond motifs is 1. The molecule has 1 N–H and O–H groups in total. The summed E-state index contributed by atoms with van der Waals surface area (Å²) in [6.45, 7) is 8.14. The predicted octanol–water partition coefficient (Wildman–Crippen LogP) is 2.81. The van der Waals surface area contributed by atoms with Gasteiger partial charge in [-0.2, -0.15) is 0 Å². The largest absolute Gasteiger partial charge is 0.490 e. The first-order chi connectivity index (χ1) is 14.5. The molecule has 1 heterocycles. The van der Waals surface area contributed by atoms with Crippen molar-refractivity contribution in [1.82, 2.24) is 4.90 Å². The maximum atomic E-state index is 12.8. The summed E-state index contributed by atoms with van der Waals surface area (Å²) in [5.41, 5.74) is 3.72. The summed E-state index contributed by atoms with van der Waals surface area (Å²) in [6.07, 6.45) is 3.02. The van der Waals surface area contributed by atoms with Gasteiger partial charge in [0.1, 0.15) is 6.54 Å². The highest BCUT2D eigenvalue weighted by atomic mass is 32.2. The third kappa shape index (κ3) is 5.70. The number of benzene rings is 2. The fourth-order valence-electron chi connectivity index (χ4n) is 3.84. The molecule has 0 saturated carbocycles. The lowest BCUT2D eigenvalue weighted by atomic mass is 9.98. The van der Waals surface area contributed by atoms with Crippen molar-refractivity contribution in [3.63, 3.8) is 0 Å². The van der Waals surface area contributed by atoms with Gasteiger partial charge >= 0.3 is 0 Å². The van der Waals surface area contributed by atoms with E-state index in [1.165, 1.54) is 20.9 Å². The van der Waals surface area contributed by atoms with E-state index in [9.17, 15) is 4.79 Å². The van der Waals surface area contributed by atoms with Crippen LogP contribution < -0.4 is 14.4 Å². The molecule has 0 spiro atoms. The molecular weight excluding hydrogens is 396 g/mol. The van der Waals surface area contributed by atoms with Crippen molar-refractivity contribution in [2.24, 2.45) is 0 Å². The van der Waals surface area contributed by atoms with Crippen LogP contribution in [0.4, 0.5) is 0 Å². The van der Waals surface area contributed by atoms with Crippen molar-refractivity contribution in [3.8, 4) is 11.5 Å². The molecule has 2 aromatic carbocycles. The Bertz CT molecular complexity index is 854. The van der Waals surface area contributed by atoms with E-state index in [1.54, 1.807) is 11.8 Å². The third-order valence-electron chi connectivity index (χ3n) is 5.46. The second kappa shape index (κ2) is 10.7. The summed E-state index contributed by atoms with van der Waals surface area (Å²) < 4.78 is 11.5. The minimum absolute atomic E-state index is 0.179. The highest BCUT2D eigenvalue weighted by molar-refractivity contribution is 7.98. The molecule has 162 valence electrons. The number of rotatable bonds is 9. The van der Waals surface area contributed by atoms with E-state index < -0.39 is 0 Å². The smallest absolute Gasteiger partial charge is 0.277 e. The monoisotopic (exact) mass is 429 g/mol. The molecular formula is C24H33N2O3S+. The van der Waals surface area contributed by atoms with Crippen LogP contribution >= 0.6 is 11.8 Å². The zero-order chi connectivity index (χ0) is 21.5. The van der Waals surface area contributed by atoms with Crippen LogP contribution in [-0.2, 0) is 24.3 Å². The molecule has 0 bridgehead atoms. The number of likely N-dealkylation sites (N-methyl/N-ethyl adjacent to an activating group) is 1. The molecule has 0 radical (unpaired) electrons. The average Bonchev–Trinajstić information content (AvgIpc) is 2.75. The minimum Gasteiger partial charge on any atom is -0.490 e. The standard InChI is InChI=1S/C24H32N2O3S/c1-5-28-22-13-19-11-12-26(16-20(19)14-23(22)29-6-2)17-24(27)25(3)15-18-7-9-21(30-4)10-8-18/h7-10,13-14H,5-6,11-12,15-17H2,1-4H3/p+1. The zero-order valence-corrected chi connectivity index (χ0v) is 19.3. The number of carbonyl (C=O) groups is 1. The van der Waals surface area contributed by atoms with Crippen molar-refractivity contribution in [3.05, 3.63) is 53.1 Å². The Hall–Kier alpha value is -2.18. The number of amides is 1. The van der Waals surface area contributed by atoms with E-state index in [2.05, 4.69) is 42.7 Å². The molecule has 5 nitrogen and oxygen atoms in total. The van der Waals surface area contributed by atoms with Crippen LogP contribution in [0, 0.1) is 0 Å². The van der Waals surface area contributed by atoms with Crippen LogP contribution in [0.3, 0.4) is 0 Å². The Morgan fingerprint density at radius 3 is 2.30 bits per heavy atom. The molecule has 0 aromatic heterocycles. The SMILES string of the molecule is CCOc1cc2c(cc1OCC)C[NH+](CC(=O)N(C)Cc1ccc(SC)cc1)CC2. The Kier molecular flexibility index (Phi) is 8.05. The zero-order valence-electron chi connectivity index (χ0n) is 18.5. The van der Waals surface area contributed by atoms with Crippen molar-refractivity contribution in [2.75, 3.05) is 39.6 Å². The Morgan fingerprint density at radius 1 is 1.07 bits per heavy atom. The molecule has 1 aliphatic heterocycles. The first-order valence-corrected chi connectivity index (χ1v) is 11.9. The maximum absolute atomic E-state index is 12.8. The lowest BCUT2D eigenvalue weighted by molar-refractivity contribution is -0.908. The molecule has 30 heavy (non-hydrogen) atoms. The van der Waals surface area contributed by atoms with E-state index >= 15 is 0 Å². The van der Waals surface area contributed by atoms with Gasteiger partial charge in [0.15, 0.2) is 18.0 Å². The summed E-state index contributed by atoms with van der Waals surface area (Å²) in [4.78, 5) is 17.2. The Labute approximate surface area is 184 Å². The van der Waals surface area contributed by atoms with Crippen molar-refractivity contribution in [1.29, 1.82) is 0 Å². The Balaban J connectivity index is 1.61. The van der Waals surface area contributed by atoms with Gasteiger partial charge in [0.2, 0.25) is 0 Å². The normalized spacial score (nSPS) is 15.4. The van der Waals surface area contributed by atoms with Gasteiger partial charge in [0.05, 0.1) is 19.8 Å². The molecule has 1 amide bonds. The highest BCUT2D eigenvalue weighted by Crippen LogP contribution is 2.32. The van der Waals surface area contributed by atoms with E-state index in [-0.39, 0.29) is 5.91 Å². The van der Waals surface area contributed by atoms with Gasteiger partial charge in [-0.25, -0.2) is 0 Å². The molecule has 3 rings (SSSR count). The lowest BCUT2D eigenvalue weighted by Crippen LogP contribution is -3.12. The minimum atomic E-state index is 0.179. The molecule has 2 aromatic rings. The van der Waals surface area contributed by atoms with Crippen LogP contribution in [0.2, 0.25) is 0 Å². The molecule has 0 saturated heterocycles. The second-order valence-electron chi connectivity index (χ2n) is 7.64. The first kappa shape index (κ1) is 22.5. The van der Waals surface area contributed by atoms with Gasteiger partial charge in [0.25, 0.3) is 5.91 Å². The molecule has 1 aliphatic rings. The summed E-state index contributed by atoms with van der Waals surface area (Å²) in [6, 6.07) is 12.6. The first-order valence-electron chi connectivity index (χ1n) is 10.7. The van der Waals surface area contributed by atoms with Crippen molar-refractivity contribution < 1.29 is 19.2 Å². The predicted molar refractivity (Wildman–Crippen MR) is 122 cm³/mol. The number of nitrogens with zero attached hydrogens (tertiary/aromatic N) is 1. The van der Waals surface area contributed by atoms with Crippen LogP contribution in [0.1, 0.15) is 30.5 Å². The van der Waals surface area contributed by atoms with Gasteiger partial charge in [-0.3, -0.25) is 4.79 Å². The van der Waals surface area contributed by atoms with E-state index in [4.69, 9.17) is 9.47 Å². The van der Waals surface area contributed by atoms with Crippen molar-refractivity contribution in [2.45, 2.75) is 38.3 Å². The van der Waals surface area contributed by atoms with Crippen LogP contribution in [-0.4, -0.2) is 50.4 Å². The molecule has 1 atom stereocenters. The summed E-state index contributed by atoms with van der Waals surface area (Å²) in [5.74, 6) is 1.81. The average molecular weight is 430 g/mol. The number of thioether (sulfide) groups is 1. The fourth-order valence-corrected chi connectivity index (χ4v) is 4.25. The van der Waals surface area contributed by atoms with Crippen molar-refractivity contribution >= 4 is 17.7 Å². The van der Waals surface area contributed by atoms with E-state index in [0.29, 0.717) is 26.3 Å². The summed E-state index contributed by atoms with van der Waals surface area (Å²) in [7, 11) is 1.89. The van der Waals surface area contributed by atoms with Crippen LogP contribution in [0.25, 0.3) is 0 Å². The highest BCUT2D eigenvalue weighted by Gasteiger charge is 2.25. The number of quaternary nitrogens is 1. The summed E-state index contributed by atoms with van der Waals surface area (Å²) >= 11 is 1.73. The van der Waals surface area contributed by atoms with Gasteiger partial charge in [-0.1, -0.05) is 12.1 Å². The second-order valence-corrected chi connectivity index (χ2v) is 8.51. The number of carbonyl (C=O) groups excluding carboxylic acids is 1. The third-order valence-corrected chi connectivity index (χ3v) is 6.20. The molecule has 0 fully saturated rings. The molecule has 6 heteroatoms. The number of hydrogen-bond acceptors (Lipinski definition) is 4. The maximum Gasteiger partial charge on any atom is 0.277 e. The Morgan fingerprint density at radius 2 is 1.70 bits per heavy atom. The quantitative estimate of drug-likeness (QED) is 0.623. The van der Waals surface area contributed by atoms with Gasteiger partial charge < -0.3 is 19.3 Å².